The van der Waals surface area contributed by atoms with Crippen molar-refractivity contribution in [2.75, 3.05) is 21.1 Å². The highest BCUT2D eigenvalue weighted by Gasteiger charge is 2.03. The molecule has 1 N–H and O–H groups in total. The topological polar surface area (TPSA) is 20.2 Å². The molecule has 3 nitrogen and oxygen atoms in total. The average molecular weight is 181 g/mol. The van der Waals surface area contributed by atoms with Crippen LogP contribution in [0.25, 0.3) is 0 Å². The van der Waals surface area contributed by atoms with Crippen molar-refractivity contribution < 1.29 is 0 Å². The van der Waals surface area contributed by atoms with Crippen molar-refractivity contribution in [1.82, 2.24) is 14.8 Å². The van der Waals surface area contributed by atoms with Crippen molar-refractivity contribution in [2.45, 2.75) is 13.1 Å². The van der Waals surface area contributed by atoms with Crippen LogP contribution in [0.4, 0.5) is 0 Å². The molecule has 3 heteroatoms. The fraction of sp³-hybridized carbons (Fsp3) is 0.600. The summed E-state index contributed by atoms with van der Waals surface area (Å²) in [5.74, 6) is 0. The first-order chi connectivity index (χ1) is 6.15. The quantitative estimate of drug-likeness (QED) is 0.741. The van der Waals surface area contributed by atoms with E-state index >= 15 is 0 Å². The third-order valence-electron chi connectivity index (χ3n) is 2.17. The second kappa shape index (κ2) is 4.44. The molecule has 74 valence electrons. The Hall–Kier alpha value is -0.800. The number of aromatic nitrogens is 1. The maximum Gasteiger partial charge on any atom is 0.0381 e. The van der Waals surface area contributed by atoms with Crippen LogP contribution >= 0.6 is 0 Å². The van der Waals surface area contributed by atoms with Gasteiger partial charge in [-0.1, -0.05) is 0 Å². The Balaban J connectivity index is 2.74. The van der Waals surface area contributed by atoms with Gasteiger partial charge in [-0.25, -0.2) is 0 Å². The molecule has 0 bridgehead atoms. The molecule has 1 rings (SSSR count). The molecule has 1 aromatic heterocycles. The van der Waals surface area contributed by atoms with Gasteiger partial charge >= 0.3 is 0 Å². The summed E-state index contributed by atoms with van der Waals surface area (Å²) in [5, 5.41) is 3.16. The van der Waals surface area contributed by atoms with Crippen LogP contribution in [0.3, 0.4) is 0 Å². The van der Waals surface area contributed by atoms with Crippen LogP contribution in [-0.2, 0) is 20.1 Å². The highest BCUT2D eigenvalue weighted by atomic mass is 15.1. The fourth-order valence-corrected chi connectivity index (χ4v) is 1.44. The Morgan fingerprint density at radius 3 is 2.46 bits per heavy atom. The monoisotopic (exact) mass is 181 g/mol. The van der Waals surface area contributed by atoms with Gasteiger partial charge in [0.15, 0.2) is 0 Å². The molecule has 0 aromatic carbocycles. The number of hydrogen-bond donors (Lipinski definition) is 1. The highest BCUT2D eigenvalue weighted by Crippen LogP contribution is 2.08. The molecule has 0 aliphatic heterocycles. The summed E-state index contributed by atoms with van der Waals surface area (Å²) in [5.41, 5.74) is 2.69. The molecule has 0 fully saturated rings. The van der Waals surface area contributed by atoms with E-state index in [-0.39, 0.29) is 0 Å². The molecule has 0 saturated carbocycles. The standard InChI is InChI=1S/C10H19N3/c1-11-7-9-5-6-10(13(9)4)8-12(2)3/h5-6,11H,7-8H2,1-4H3. The Kier molecular flexibility index (Phi) is 3.51. The zero-order chi connectivity index (χ0) is 9.84. The number of nitrogens with zero attached hydrogens (tertiary/aromatic N) is 2. The molecular formula is C10H19N3. The van der Waals surface area contributed by atoms with Gasteiger partial charge in [0, 0.05) is 31.5 Å². The summed E-state index contributed by atoms with van der Waals surface area (Å²) >= 11 is 0. The molecule has 13 heavy (non-hydrogen) atoms. The predicted molar refractivity (Wildman–Crippen MR) is 55.6 cm³/mol. The van der Waals surface area contributed by atoms with E-state index < -0.39 is 0 Å². The van der Waals surface area contributed by atoms with Crippen molar-refractivity contribution in [2.24, 2.45) is 7.05 Å². The van der Waals surface area contributed by atoms with Gasteiger partial charge in [-0.05, 0) is 33.3 Å². The number of nitrogens with one attached hydrogen (secondary N) is 1. The summed E-state index contributed by atoms with van der Waals surface area (Å²) in [6.07, 6.45) is 0. The molecule has 1 aromatic rings. The van der Waals surface area contributed by atoms with Gasteiger partial charge in [0.25, 0.3) is 0 Å². The molecule has 0 spiro atoms. The van der Waals surface area contributed by atoms with Crippen molar-refractivity contribution in [1.29, 1.82) is 0 Å². The molecule has 0 atom stereocenters. The summed E-state index contributed by atoms with van der Waals surface area (Å²) in [4.78, 5) is 2.18. The Morgan fingerprint density at radius 2 is 1.92 bits per heavy atom. The summed E-state index contributed by atoms with van der Waals surface area (Å²) in [6, 6.07) is 4.36. The zero-order valence-electron chi connectivity index (χ0n) is 8.96. The lowest BCUT2D eigenvalue weighted by Gasteiger charge is -2.11. The normalized spacial score (nSPS) is 11.2. The lowest BCUT2D eigenvalue weighted by atomic mass is 10.4. The van der Waals surface area contributed by atoms with E-state index in [4.69, 9.17) is 0 Å². The van der Waals surface area contributed by atoms with Crippen LogP contribution in [0.15, 0.2) is 12.1 Å². The van der Waals surface area contributed by atoms with Gasteiger partial charge in [0.1, 0.15) is 0 Å². The second-order valence-electron chi connectivity index (χ2n) is 3.64. The molecule has 0 aliphatic carbocycles. The first-order valence-electron chi connectivity index (χ1n) is 4.58. The van der Waals surface area contributed by atoms with Crippen LogP contribution in [0, 0.1) is 0 Å². The smallest absolute Gasteiger partial charge is 0.0381 e. The lowest BCUT2D eigenvalue weighted by molar-refractivity contribution is 0.390. The number of rotatable bonds is 4. The van der Waals surface area contributed by atoms with Crippen molar-refractivity contribution >= 4 is 0 Å². The highest BCUT2D eigenvalue weighted by molar-refractivity contribution is 5.15. The van der Waals surface area contributed by atoms with E-state index in [0.717, 1.165) is 13.1 Å². The first kappa shape index (κ1) is 10.3. The van der Waals surface area contributed by atoms with Gasteiger partial charge in [-0.15, -0.1) is 0 Å². The second-order valence-corrected chi connectivity index (χ2v) is 3.64. The van der Waals surface area contributed by atoms with Crippen LogP contribution in [0.1, 0.15) is 11.4 Å². The largest absolute Gasteiger partial charge is 0.349 e. The maximum atomic E-state index is 3.16. The fourth-order valence-electron chi connectivity index (χ4n) is 1.44. The van der Waals surface area contributed by atoms with Crippen LogP contribution in [0.2, 0.25) is 0 Å². The van der Waals surface area contributed by atoms with Gasteiger partial charge in [0.05, 0.1) is 0 Å². The van der Waals surface area contributed by atoms with E-state index in [1.807, 2.05) is 7.05 Å². The Bertz CT molecular complexity index is 263. The number of hydrogen-bond acceptors (Lipinski definition) is 2. The van der Waals surface area contributed by atoms with Gasteiger partial charge in [0.2, 0.25) is 0 Å². The Morgan fingerprint density at radius 1 is 1.31 bits per heavy atom. The SMILES string of the molecule is CNCc1ccc(CN(C)C)n1C. The average Bonchev–Trinajstić information content (AvgIpc) is 2.36. The molecular weight excluding hydrogens is 162 g/mol. The minimum Gasteiger partial charge on any atom is -0.349 e. The predicted octanol–water partition coefficient (Wildman–Crippen LogP) is 0.806. The first-order valence-corrected chi connectivity index (χ1v) is 4.58. The summed E-state index contributed by atoms with van der Waals surface area (Å²) in [6.45, 7) is 1.93. The van der Waals surface area contributed by atoms with Gasteiger partial charge in [-0.2, -0.15) is 0 Å². The van der Waals surface area contributed by atoms with Crippen molar-refractivity contribution in [3.05, 3.63) is 23.5 Å². The third-order valence-corrected chi connectivity index (χ3v) is 2.17. The molecule has 0 amide bonds. The summed E-state index contributed by atoms with van der Waals surface area (Å²) < 4.78 is 2.25. The maximum absolute atomic E-state index is 3.16. The van der Waals surface area contributed by atoms with Gasteiger partial charge in [-0.3, -0.25) is 0 Å². The Labute approximate surface area is 80.3 Å². The molecule has 0 saturated heterocycles. The zero-order valence-corrected chi connectivity index (χ0v) is 8.96. The molecule has 0 unspecified atom stereocenters. The van der Waals surface area contributed by atoms with E-state index in [2.05, 4.69) is 48.1 Å². The molecule has 0 aliphatic rings. The van der Waals surface area contributed by atoms with E-state index in [9.17, 15) is 0 Å². The van der Waals surface area contributed by atoms with Crippen molar-refractivity contribution in [3.8, 4) is 0 Å². The molecule has 0 radical (unpaired) electrons. The lowest BCUT2D eigenvalue weighted by Crippen LogP contribution is -2.15. The van der Waals surface area contributed by atoms with Crippen LogP contribution in [0.5, 0.6) is 0 Å². The van der Waals surface area contributed by atoms with E-state index in [1.54, 1.807) is 0 Å². The van der Waals surface area contributed by atoms with E-state index in [1.165, 1.54) is 11.4 Å². The summed E-state index contributed by atoms with van der Waals surface area (Å²) in [7, 11) is 8.26. The van der Waals surface area contributed by atoms with Crippen LogP contribution in [-0.4, -0.2) is 30.6 Å². The molecule has 1 heterocycles. The minimum absolute atomic E-state index is 0.934. The third kappa shape index (κ3) is 2.57. The van der Waals surface area contributed by atoms with Crippen molar-refractivity contribution in [3.63, 3.8) is 0 Å². The van der Waals surface area contributed by atoms with Crippen LogP contribution < -0.4 is 5.32 Å². The minimum atomic E-state index is 0.934. The van der Waals surface area contributed by atoms with E-state index in [0.29, 0.717) is 0 Å². The van der Waals surface area contributed by atoms with Gasteiger partial charge < -0.3 is 14.8 Å².